The predicted molar refractivity (Wildman–Crippen MR) is 89.5 cm³/mol. The Morgan fingerprint density at radius 2 is 1.78 bits per heavy atom. The molecule has 0 aliphatic carbocycles. The SMILES string of the molecule is COc1ccc(CN2CC(=O)C(Sc3ccccc3)C2=O)cc1. The van der Waals surface area contributed by atoms with Crippen molar-refractivity contribution >= 4 is 23.5 Å². The van der Waals surface area contributed by atoms with Gasteiger partial charge in [0.25, 0.3) is 0 Å². The van der Waals surface area contributed by atoms with Gasteiger partial charge in [-0.2, -0.15) is 0 Å². The van der Waals surface area contributed by atoms with Crippen molar-refractivity contribution < 1.29 is 14.3 Å². The van der Waals surface area contributed by atoms with Gasteiger partial charge in [0, 0.05) is 11.4 Å². The maximum absolute atomic E-state index is 12.5. The number of hydrogen-bond donors (Lipinski definition) is 0. The second-order valence-corrected chi connectivity index (χ2v) is 6.50. The average molecular weight is 327 g/mol. The van der Waals surface area contributed by atoms with E-state index in [9.17, 15) is 9.59 Å². The summed E-state index contributed by atoms with van der Waals surface area (Å²) in [5, 5.41) is -0.629. The van der Waals surface area contributed by atoms with Crippen molar-refractivity contribution in [1.82, 2.24) is 4.90 Å². The molecule has 2 aromatic rings. The molecule has 5 heteroatoms. The van der Waals surface area contributed by atoms with Crippen LogP contribution in [0.5, 0.6) is 5.75 Å². The molecule has 0 radical (unpaired) electrons. The summed E-state index contributed by atoms with van der Waals surface area (Å²) in [5.74, 6) is 0.632. The first-order chi connectivity index (χ1) is 11.2. The zero-order chi connectivity index (χ0) is 16.2. The maximum Gasteiger partial charge on any atom is 0.244 e. The van der Waals surface area contributed by atoms with Crippen LogP contribution in [-0.4, -0.2) is 35.5 Å². The molecule has 0 spiro atoms. The van der Waals surface area contributed by atoms with Crippen molar-refractivity contribution in [3.8, 4) is 5.75 Å². The molecule has 1 amide bonds. The van der Waals surface area contributed by atoms with E-state index in [0.29, 0.717) is 6.54 Å². The number of nitrogens with zero attached hydrogens (tertiary/aromatic N) is 1. The number of hydrogen-bond acceptors (Lipinski definition) is 4. The molecule has 23 heavy (non-hydrogen) atoms. The summed E-state index contributed by atoms with van der Waals surface area (Å²) in [4.78, 5) is 27.2. The molecule has 1 atom stereocenters. The fraction of sp³-hybridized carbons (Fsp3) is 0.222. The lowest BCUT2D eigenvalue weighted by molar-refractivity contribution is -0.127. The molecule has 1 unspecified atom stereocenters. The summed E-state index contributed by atoms with van der Waals surface area (Å²) in [6, 6.07) is 17.1. The highest BCUT2D eigenvalue weighted by molar-refractivity contribution is 8.01. The standard InChI is InChI=1S/C18H17NO3S/c1-22-14-9-7-13(8-10-14)11-19-12-16(20)17(18(19)21)23-15-5-3-2-4-6-15/h2-10,17H,11-12H2,1H3. The normalized spacial score (nSPS) is 17.6. The largest absolute Gasteiger partial charge is 0.497 e. The second kappa shape index (κ2) is 6.87. The first kappa shape index (κ1) is 15.6. The number of Topliss-reactive ketones (excluding diaryl/α,β-unsaturated/α-hetero) is 1. The quantitative estimate of drug-likeness (QED) is 0.792. The monoisotopic (exact) mass is 327 g/mol. The number of benzene rings is 2. The Hall–Kier alpha value is -2.27. The Balaban J connectivity index is 1.68. The molecular weight excluding hydrogens is 310 g/mol. The Morgan fingerprint density at radius 3 is 2.43 bits per heavy atom. The molecule has 3 rings (SSSR count). The van der Waals surface area contributed by atoms with Crippen LogP contribution >= 0.6 is 11.8 Å². The highest BCUT2D eigenvalue weighted by Gasteiger charge is 2.39. The highest BCUT2D eigenvalue weighted by atomic mass is 32.2. The molecule has 0 saturated carbocycles. The molecular formula is C18H17NO3S. The van der Waals surface area contributed by atoms with Crippen LogP contribution in [0.2, 0.25) is 0 Å². The van der Waals surface area contributed by atoms with Crippen LogP contribution in [0.4, 0.5) is 0 Å². The molecule has 1 fully saturated rings. The molecule has 4 nitrogen and oxygen atoms in total. The van der Waals surface area contributed by atoms with E-state index in [2.05, 4.69) is 0 Å². The fourth-order valence-corrected chi connectivity index (χ4v) is 3.53. The average Bonchev–Trinajstić information content (AvgIpc) is 2.84. The smallest absolute Gasteiger partial charge is 0.244 e. The van der Waals surface area contributed by atoms with Crippen molar-refractivity contribution in [3.05, 3.63) is 60.2 Å². The zero-order valence-corrected chi connectivity index (χ0v) is 13.6. The molecule has 0 aromatic heterocycles. The highest BCUT2D eigenvalue weighted by Crippen LogP contribution is 2.29. The zero-order valence-electron chi connectivity index (χ0n) is 12.8. The minimum absolute atomic E-state index is 0.0302. The lowest BCUT2D eigenvalue weighted by Crippen LogP contribution is -2.27. The van der Waals surface area contributed by atoms with E-state index in [-0.39, 0.29) is 18.2 Å². The Kier molecular flexibility index (Phi) is 4.67. The molecule has 1 saturated heterocycles. The van der Waals surface area contributed by atoms with Gasteiger partial charge < -0.3 is 9.64 Å². The van der Waals surface area contributed by atoms with Gasteiger partial charge in [-0.05, 0) is 29.8 Å². The topological polar surface area (TPSA) is 46.6 Å². The Labute approximate surface area is 139 Å². The molecule has 0 bridgehead atoms. The summed E-state index contributed by atoms with van der Waals surface area (Å²) >= 11 is 1.33. The van der Waals surface area contributed by atoms with Crippen molar-refractivity contribution in [2.45, 2.75) is 16.7 Å². The van der Waals surface area contributed by atoms with Crippen LogP contribution in [0.1, 0.15) is 5.56 Å². The summed E-state index contributed by atoms with van der Waals surface area (Å²) in [6.45, 7) is 0.621. The van der Waals surface area contributed by atoms with Gasteiger partial charge in [-0.15, -0.1) is 11.8 Å². The molecule has 2 aromatic carbocycles. The van der Waals surface area contributed by atoms with Gasteiger partial charge in [0.2, 0.25) is 5.91 Å². The van der Waals surface area contributed by atoms with E-state index >= 15 is 0 Å². The Bertz CT molecular complexity index is 700. The number of carbonyl (C=O) groups excluding carboxylic acids is 2. The summed E-state index contributed by atoms with van der Waals surface area (Å²) in [5.41, 5.74) is 0.984. The first-order valence-electron chi connectivity index (χ1n) is 7.33. The van der Waals surface area contributed by atoms with Crippen LogP contribution in [-0.2, 0) is 16.1 Å². The number of ketones is 1. The molecule has 0 N–H and O–H groups in total. The number of carbonyl (C=O) groups is 2. The lowest BCUT2D eigenvalue weighted by atomic mass is 10.2. The summed E-state index contributed by atoms with van der Waals surface area (Å²) < 4.78 is 5.12. The van der Waals surface area contributed by atoms with E-state index < -0.39 is 5.25 Å². The van der Waals surface area contributed by atoms with Crippen LogP contribution in [0, 0.1) is 0 Å². The minimum atomic E-state index is -0.629. The van der Waals surface area contributed by atoms with Gasteiger partial charge in [-0.25, -0.2) is 0 Å². The van der Waals surface area contributed by atoms with E-state index in [1.54, 1.807) is 12.0 Å². The molecule has 1 aliphatic heterocycles. The van der Waals surface area contributed by atoms with Crippen molar-refractivity contribution in [3.63, 3.8) is 0 Å². The Morgan fingerprint density at radius 1 is 1.09 bits per heavy atom. The van der Waals surface area contributed by atoms with Gasteiger partial charge in [0.15, 0.2) is 5.78 Å². The summed E-state index contributed by atoms with van der Waals surface area (Å²) in [7, 11) is 1.61. The number of likely N-dealkylation sites (tertiary alicyclic amines) is 1. The van der Waals surface area contributed by atoms with E-state index in [4.69, 9.17) is 4.74 Å². The number of amides is 1. The molecule has 1 heterocycles. The van der Waals surface area contributed by atoms with Crippen molar-refractivity contribution in [2.75, 3.05) is 13.7 Å². The third-order valence-electron chi connectivity index (χ3n) is 3.70. The summed E-state index contributed by atoms with van der Waals surface area (Å²) in [6.07, 6.45) is 0. The fourth-order valence-electron chi connectivity index (χ4n) is 2.49. The third-order valence-corrected chi connectivity index (χ3v) is 4.95. The maximum atomic E-state index is 12.5. The van der Waals surface area contributed by atoms with Gasteiger partial charge in [-0.3, -0.25) is 9.59 Å². The van der Waals surface area contributed by atoms with E-state index in [0.717, 1.165) is 16.2 Å². The number of rotatable bonds is 5. The predicted octanol–water partition coefficient (Wildman–Crippen LogP) is 2.77. The number of methoxy groups -OCH3 is 1. The molecule has 1 aliphatic rings. The number of ether oxygens (including phenoxy) is 1. The van der Waals surface area contributed by atoms with Gasteiger partial charge in [0.1, 0.15) is 11.0 Å². The van der Waals surface area contributed by atoms with E-state index in [1.165, 1.54) is 11.8 Å². The van der Waals surface area contributed by atoms with Crippen molar-refractivity contribution in [1.29, 1.82) is 0 Å². The van der Waals surface area contributed by atoms with Gasteiger partial charge in [0.05, 0.1) is 13.7 Å². The minimum Gasteiger partial charge on any atom is -0.497 e. The third kappa shape index (κ3) is 3.56. The van der Waals surface area contributed by atoms with Crippen LogP contribution in [0.25, 0.3) is 0 Å². The van der Waals surface area contributed by atoms with Crippen LogP contribution in [0.15, 0.2) is 59.5 Å². The lowest BCUT2D eigenvalue weighted by Gasteiger charge is -2.15. The number of thioether (sulfide) groups is 1. The van der Waals surface area contributed by atoms with Crippen molar-refractivity contribution in [2.24, 2.45) is 0 Å². The molecule has 118 valence electrons. The van der Waals surface area contributed by atoms with Gasteiger partial charge >= 0.3 is 0 Å². The second-order valence-electron chi connectivity index (χ2n) is 5.32. The van der Waals surface area contributed by atoms with E-state index in [1.807, 2.05) is 54.6 Å². The first-order valence-corrected chi connectivity index (χ1v) is 8.21. The van der Waals surface area contributed by atoms with Crippen LogP contribution < -0.4 is 4.74 Å². The van der Waals surface area contributed by atoms with Gasteiger partial charge in [-0.1, -0.05) is 30.3 Å². The van der Waals surface area contributed by atoms with Crippen LogP contribution in [0.3, 0.4) is 0 Å².